The molecule has 0 saturated heterocycles. The highest BCUT2D eigenvalue weighted by molar-refractivity contribution is 5.85. The van der Waals surface area contributed by atoms with E-state index in [4.69, 9.17) is 4.74 Å². The van der Waals surface area contributed by atoms with Crippen LogP contribution >= 0.6 is 0 Å². The summed E-state index contributed by atoms with van der Waals surface area (Å²) in [6.07, 6.45) is 4.82. The Balaban J connectivity index is 1.89. The first kappa shape index (κ1) is 12.2. The summed E-state index contributed by atoms with van der Waals surface area (Å²) >= 11 is 0. The molecule has 2 heterocycles. The molecule has 1 N–H and O–H groups in total. The molecule has 0 radical (unpaired) electrons. The molecular formula is C10H14N6O2. The molecule has 2 aromatic heterocycles. The summed E-state index contributed by atoms with van der Waals surface area (Å²) in [7, 11) is 0. The molecular weight excluding hydrogens is 236 g/mol. The standard InChI is InChI=1S/C10H14N6O2/c1-2-18-10(17)9-11-5-7-16(9)6-3-4-8-12-14-15-13-8/h5,7H,2-4,6H2,1H3,(H,12,13,14,15). The van der Waals surface area contributed by atoms with Crippen molar-refractivity contribution < 1.29 is 9.53 Å². The fourth-order valence-corrected chi connectivity index (χ4v) is 1.57. The van der Waals surface area contributed by atoms with Crippen molar-refractivity contribution >= 4 is 5.97 Å². The molecule has 0 saturated carbocycles. The van der Waals surface area contributed by atoms with Gasteiger partial charge in [-0.15, -0.1) is 10.2 Å². The van der Waals surface area contributed by atoms with Gasteiger partial charge in [0.05, 0.1) is 6.61 Å². The van der Waals surface area contributed by atoms with Crippen molar-refractivity contribution in [1.29, 1.82) is 0 Å². The summed E-state index contributed by atoms with van der Waals surface area (Å²) in [6.45, 7) is 2.76. The van der Waals surface area contributed by atoms with Gasteiger partial charge < -0.3 is 9.30 Å². The van der Waals surface area contributed by atoms with E-state index in [2.05, 4.69) is 25.6 Å². The molecule has 8 heteroatoms. The van der Waals surface area contributed by atoms with Gasteiger partial charge in [0.25, 0.3) is 0 Å². The fraction of sp³-hybridized carbons (Fsp3) is 0.500. The monoisotopic (exact) mass is 250 g/mol. The number of rotatable bonds is 6. The predicted molar refractivity (Wildman–Crippen MR) is 60.7 cm³/mol. The van der Waals surface area contributed by atoms with Crippen LogP contribution in [0, 0.1) is 0 Å². The number of H-pyrrole nitrogens is 1. The Hall–Kier alpha value is -2.25. The Morgan fingerprint density at radius 2 is 2.44 bits per heavy atom. The van der Waals surface area contributed by atoms with Gasteiger partial charge in [-0.2, -0.15) is 5.21 Å². The van der Waals surface area contributed by atoms with Gasteiger partial charge in [-0.3, -0.25) is 0 Å². The molecule has 0 aliphatic heterocycles. The first-order valence-electron chi connectivity index (χ1n) is 5.72. The molecule has 0 spiro atoms. The molecule has 0 atom stereocenters. The van der Waals surface area contributed by atoms with Crippen LogP contribution in [-0.2, 0) is 17.7 Å². The zero-order valence-electron chi connectivity index (χ0n) is 10.0. The second kappa shape index (κ2) is 5.89. The van der Waals surface area contributed by atoms with Gasteiger partial charge in [0, 0.05) is 25.4 Å². The topological polar surface area (TPSA) is 98.6 Å². The lowest BCUT2D eigenvalue weighted by molar-refractivity contribution is 0.0506. The first-order valence-corrected chi connectivity index (χ1v) is 5.72. The number of hydrogen-bond donors (Lipinski definition) is 1. The van der Waals surface area contributed by atoms with E-state index in [0.717, 1.165) is 6.42 Å². The predicted octanol–water partition coefficient (Wildman–Crippen LogP) is 0.206. The normalized spacial score (nSPS) is 10.5. The fourth-order valence-electron chi connectivity index (χ4n) is 1.57. The highest BCUT2D eigenvalue weighted by atomic mass is 16.5. The van der Waals surface area contributed by atoms with Gasteiger partial charge in [0.1, 0.15) is 0 Å². The Morgan fingerprint density at radius 3 is 3.17 bits per heavy atom. The number of nitrogens with one attached hydrogen (secondary N) is 1. The molecule has 0 aromatic carbocycles. The lowest BCUT2D eigenvalue weighted by Crippen LogP contribution is -2.13. The molecule has 0 bridgehead atoms. The number of tetrazole rings is 1. The quantitative estimate of drug-likeness (QED) is 0.735. The number of nitrogens with zero attached hydrogens (tertiary/aromatic N) is 5. The maximum atomic E-state index is 11.6. The van der Waals surface area contributed by atoms with E-state index in [0.29, 0.717) is 31.2 Å². The van der Waals surface area contributed by atoms with Gasteiger partial charge in [0.2, 0.25) is 5.82 Å². The summed E-state index contributed by atoms with van der Waals surface area (Å²) < 4.78 is 6.68. The van der Waals surface area contributed by atoms with Gasteiger partial charge in [-0.05, 0) is 13.3 Å². The van der Waals surface area contributed by atoms with Crippen LogP contribution in [0.3, 0.4) is 0 Å². The van der Waals surface area contributed by atoms with Crippen LogP contribution in [0.15, 0.2) is 12.4 Å². The molecule has 2 aromatic rings. The van der Waals surface area contributed by atoms with Crippen molar-refractivity contribution in [3.63, 3.8) is 0 Å². The molecule has 2 rings (SSSR count). The van der Waals surface area contributed by atoms with E-state index < -0.39 is 5.97 Å². The van der Waals surface area contributed by atoms with Crippen LogP contribution in [0.4, 0.5) is 0 Å². The Morgan fingerprint density at radius 1 is 1.56 bits per heavy atom. The smallest absolute Gasteiger partial charge is 0.374 e. The Bertz CT molecular complexity index is 492. The summed E-state index contributed by atoms with van der Waals surface area (Å²) in [5.41, 5.74) is 0. The highest BCUT2D eigenvalue weighted by Gasteiger charge is 2.13. The van der Waals surface area contributed by atoms with E-state index in [-0.39, 0.29) is 0 Å². The Kier molecular flexibility index (Phi) is 4.00. The average Bonchev–Trinajstić information content (AvgIpc) is 3.00. The van der Waals surface area contributed by atoms with Crippen molar-refractivity contribution in [2.45, 2.75) is 26.3 Å². The summed E-state index contributed by atoms with van der Waals surface area (Å²) in [4.78, 5) is 15.6. The zero-order chi connectivity index (χ0) is 12.8. The maximum Gasteiger partial charge on any atom is 0.374 e. The van der Waals surface area contributed by atoms with E-state index in [1.807, 2.05) is 0 Å². The number of carbonyl (C=O) groups is 1. The lowest BCUT2D eigenvalue weighted by atomic mass is 10.3. The van der Waals surface area contributed by atoms with E-state index in [1.165, 1.54) is 0 Å². The summed E-state index contributed by atoms with van der Waals surface area (Å²) in [5, 5.41) is 13.6. The van der Waals surface area contributed by atoms with Crippen LogP contribution in [0.1, 0.15) is 29.8 Å². The van der Waals surface area contributed by atoms with Gasteiger partial charge in [-0.25, -0.2) is 9.78 Å². The highest BCUT2D eigenvalue weighted by Crippen LogP contribution is 2.03. The third kappa shape index (κ3) is 2.90. The Labute approximate surface area is 103 Å². The number of esters is 1. The largest absolute Gasteiger partial charge is 0.460 e. The zero-order valence-corrected chi connectivity index (χ0v) is 10.0. The SMILES string of the molecule is CCOC(=O)c1nccn1CCCc1nn[nH]n1. The summed E-state index contributed by atoms with van der Waals surface area (Å²) in [6, 6.07) is 0. The number of aromatic nitrogens is 6. The minimum Gasteiger partial charge on any atom is -0.460 e. The van der Waals surface area contributed by atoms with E-state index in [9.17, 15) is 4.79 Å². The minimum atomic E-state index is -0.401. The molecule has 0 amide bonds. The molecule has 0 fully saturated rings. The van der Waals surface area contributed by atoms with Crippen LogP contribution in [0.2, 0.25) is 0 Å². The molecule has 96 valence electrons. The van der Waals surface area contributed by atoms with Crippen LogP contribution in [0.25, 0.3) is 0 Å². The number of hydrogen-bond acceptors (Lipinski definition) is 6. The summed E-state index contributed by atoms with van der Waals surface area (Å²) in [5.74, 6) is 0.583. The van der Waals surface area contributed by atoms with Crippen LogP contribution in [-0.4, -0.2) is 42.8 Å². The van der Waals surface area contributed by atoms with Gasteiger partial charge >= 0.3 is 5.97 Å². The first-order chi connectivity index (χ1) is 8.81. The number of ether oxygens (including phenoxy) is 1. The van der Waals surface area contributed by atoms with Crippen LogP contribution in [0.5, 0.6) is 0 Å². The number of aromatic amines is 1. The molecule has 0 unspecified atom stereocenters. The van der Waals surface area contributed by atoms with Crippen LogP contribution < -0.4 is 0 Å². The van der Waals surface area contributed by atoms with Crippen molar-refractivity contribution in [3.05, 3.63) is 24.0 Å². The maximum absolute atomic E-state index is 11.6. The average molecular weight is 250 g/mol. The van der Waals surface area contributed by atoms with Gasteiger partial charge in [-0.1, -0.05) is 5.21 Å². The van der Waals surface area contributed by atoms with E-state index >= 15 is 0 Å². The van der Waals surface area contributed by atoms with Crippen molar-refractivity contribution in [3.8, 4) is 0 Å². The van der Waals surface area contributed by atoms with Crippen molar-refractivity contribution in [1.82, 2.24) is 30.2 Å². The number of imidazole rings is 1. The molecule has 18 heavy (non-hydrogen) atoms. The second-order valence-corrected chi connectivity index (χ2v) is 3.60. The molecule has 0 aliphatic rings. The van der Waals surface area contributed by atoms with E-state index in [1.54, 1.807) is 23.9 Å². The minimum absolute atomic E-state index is 0.324. The number of aryl methyl sites for hydroxylation is 2. The van der Waals surface area contributed by atoms with Crippen molar-refractivity contribution in [2.24, 2.45) is 0 Å². The lowest BCUT2D eigenvalue weighted by Gasteiger charge is -2.05. The molecule has 0 aliphatic carbocycles. The third-order valence-electron chi connectivity index (χ3n) is 2.36. The van der Waals surface area contributed by atoms with Crippen molar-refractivity contribution in [2.75, 3.05) is 6.61 Å². The third-order valence-corrected chi connectivity index (χ3v) is 2.36. The molecule has 8 nitrogen and oxygen atoms in total. The van der Waals surface area contributed by atoms with Gasteiger partial charge in [0.15, 0.2) is 5.82 Å². The second-order valence-electron chi connectivity index (χ2n) is 3.60. The number of carbonyl (C=O) groups excluding carboxylic acids is 1.